The molecule has 3 aromatic heterocycles. The zero-order chi connectivity index (χ0) is 24.5. The van der Waals surface area contributed by atoms with Crippen LogP contribution in [0, 0.1) is 0 Å². The third-order valence-electron chi connectivity index (χ3n) is 5.94. The first-order chi connectivity index (χ1) is 17.7. The van der Waals surface area contributed by atoms with E-state index in [-0.39, 0.29) is 5.97 Å². The maximum absolute atomic E-state index is 12.1. The second kappa shape index (κ2) is 9.31. The van der Waals surface area contributed by atoms with Crippen molar-refractivity contribution in [1.29, 1.82) is 0 Å². The van der Waals surface area contributed by atoms with Gasteiger partial charge >= 0.3 is 5.97 Å². The largest absolute Gasteiger partial charge is 0.465 e. The maximum Gasteiger partial charge on any atom is 0.338 e. The first kappa shape index (κ1) is 22.1. The number of aromatic amines is 1. The van der Waals surface area contributed by atoms with Crippen LogP contribution in [0.2, 0.25) is 0 Å². The van der Waals surface area contributed by atoms with E-state index in [2.05, 4.69) is 27.3 Å². The Morgan fingerprint density at radius 1 is 0.944 bits per heavy atom. The molecule has 0 aliphatic heterocycles. The second-order valence-electron chi connectivity index (χ2n) is 8.13. The normalized spacial score (nSPS) is 11.2. The number of carbonyl (C=O) groups excluding carboxylic acids is 1. The molecule has 6 rings (SSSR count). The number of ether oxygens (including phenoxy) is 1. The summed E-state index contributed by atoms with van der Waals surface area (Å²) in [6.07, 6.45) is 0. The second-order valence-corrected chi connectivity index (χ2v) is 9.05. The molecule has 0 bridgehead atoms. The highest BCUT2D eigenvalue weighted by molar-refractivity contribution is 7.98. The number of thioether (sulfide) groups is 1. The highest BCUT2D eigenvalue weighted by Gasteiger charge is 2.18. The lowest BCUT2D eigenvalue weighted by molar-refractivity contribution is 0.0600. The van der Waals surface area contributed by atoms with Crippen molar-refractivity contribution < 1.29 is 13.9 Å². The third kappa shape index (κ3) is 4.01. The third-order valence-corrected chi connectivity index (χ3v) is 6.81. The number of nitrogens with zero attached hydrogens (tertiary/aromatic N) is 3. The number of aromatic nitrogens is 4. The Kier molecular flexibility index (Phi) is 5.71. The molecule has 3 aromatic carbocycles. The standard InChI is InChI=1S/C28H20N4O3S/c1-34-27(33)19-12-6-5-11-18(19)16-36-28-32-31-26(35-28)23-15-21-20-13-7-8-14-22(20)29-25(21)24(30-23)17-9-3-2-4-10-17/h2-15,29H,16H2,1H3. The molecule has 0 unspecified atom stereocenters. The molecule has 0 aliphatic rings. The fourth-order valence-corrected chi connectivity index (χ4v) is 4.99. The number of nitrogens with one attached hydrogen (secondary N) is 1. The molecular weight excluding hydrogens is 472 g/mol. The Bertz CT molecular complexity index is 1710. The number of pyridine rings is 1. The number of carbonyl (C=O) groups is 1. The fraction of sp³-hybridized carbons (Fsp3) is 0.0714. The molecule has 3 heterocycles. The summed E-state index contributed by atoms with van der Waals surface area (Å²) in [6, 6.07) is 27.5. The van der Waals surface area contributed by atoms with E-state index in [0.717, 1.165) is 38.6 Å². The minimum atomic E-state index is -0.373. The monoisotopic (exact) mass is 492 g/mol. The van der Waals surface area contributed by atoms with Crippen LogP contribution < -0.4 is 0 Å². The first-order valence-corrected chi connectivity index (χ1v) is 12.3. The van der Waals surface area contributed by atoms with Gasteiger partial charge < -0.3 is 14.1 Å². The van der Waals surface area contributed by atoms with Gasteiger partial charge in [0.1, 0.15) is 5.69 Å². The van der Waals surface area contributed by atoms with Gasteiger partial charge in [-0.2, -0.15) is 0 Å². The van der Waals surface area contributed by atoms with E-state index in [9.17, 15) is 4.79 Å². The van der Waals surface area contributed by atoms with E-state index in [4.69, 9.17) is 14.1 Å². The molecule has 6 aromatic rings. The average molecular weight is 493 g/mol. The number of H-pyrrole nitrogens is 1. The van der Waals surface area contributed by atoms with Gasteiger partial charge in [0.15, 0.2) is 0 Å². The van der Waals surface area contributed by atoms with Gasteiger partial charge in [0, 0.05) is 27.6 Å². The summed E-state index contributed by atoms with van der Waals surface area (Å²) in [7, 11) is 1.37. The van der Waals surface area contributed by atoms with E-state index < -0.39 is 0 Å². The van der Waals surface area contributed by atoms with E-state index >= 15 is 0 Å². The summed E-state index contributed by atoms with van der Waals surface area (Å²) >= 11 is 1.36. The van der Waals surface area contributed by atoms with E-state index in [1.807, 2.05) is 66.7 Å². The smallest absolute Gasteiger partial charge is 0.338 e. The van der Waals surface area contributed by atoms with Gasteiger partial charge in [-0.05, 0) is 23.8 Å². The predicted molar refractivity (Wildman–Crippen MR) is 140 cm³/mol. The zero-order valence-corrected chi connectivity index (χ0v) is 20.1. The number of methoxy groups -OCH3 is 1. The van der Waals surface area contributed by atoms with E-state index in [1.165, 1.54) is 18.9 Å². The number of rotatable bonds is 6. The maximum atomic E-state index is 12.1. The van der Waals surface area contributed by atoms with Crippen molar-refractivity contribution in [3.8, 4) is 22.8 Å². The highest BCUT2D eigenvalue weighted by Crippen LogP contribution is 2.35. The summed E-state index contributed by atoms with van der Waals surface area (Å²) < 4.78 is 10.9. The van der Waals surface area contributed by atoms with Crippen LogP contribution in [0.5, 0.6) is 0 Å². The van der Waals surface area contributed by atoms with Crippen LogP contribution in [0.3, 0.4) is 0 Å². The number of fused-ring (bicyclic) bond motifs is 3. The summed E-state index contributed by atoms with van der Waals surface area (Å²) in [5.41, 5.74) is 5.75. The number of benzene rings is 3. The Balaban J connectivity index is 1.38. The van der Waals surface area contributed by atoms with Gasteiger partial charge in [-0.1, -0.05) is 78.5 Å². The summed E-state index contributed by atoms with van der Waals surface area (Å²) in [5, 5.41) is 11.0. The molecule has 8 heteroatoms. The molecule has 1 N–H and O–H groups in total. The van der Waals surface area contributed by atoms with Crippen molar-refractivity contribution in [2.24, 2.45) is 0 Å². The lowest BCUT2D eigenvalue weighted by Gasteiger charge is -2.06. The highest BCUT2D eigenvalue weighted by atomic mass is 32.2. The van der Waals surface area contributed by atoms with Crippen LogP contribution in [-0.4, -0.2) is 33.2 Å². The van der Waals surface area contributed by atoms with Crippen LogP contribution in [0.15, 0.2) is 94.6 Å². The molecule has 0 saturated heterocycles. The van der Waals surface area contributed by atoms with Crippen molar-refractivity contribution in [3.63, 3.8) is 0 Å². The van der Waals surface area contributed by atoms with Crippen molar-refractivity contribution in [3.05, 3.63) is 96.1 Å². The SMILES string of the molecule is COC(=O)c1ccccc1CSc1nnc(-c2cc3c([nH]c4ccccc43)c(-c3ccccc3)n2)o1. The Morgan fingerprint density at radius 2 is 1.72 bits per heavy atom. The minimum Gasteiger partial charge on any atom is -0.465 e. The van der Waals surface area contributed by atoms with Gasteiger partial charge in [-0.3, -0.25) is 0 Å². The minimum absolute atomic E-state index is 0.336. The molecule has 0 saturated carbocycles. The van der Waals surface area contributed by atoms with Crippen LogP contribution in [0.1, 0.15) is 15.9 Å². The van der Waals surface area contributed by atoms with Gasteiger partial charge in [-0.25, -0.2) is 9.78 Å². The van der Waals surface area contributed by atoms with E-state index in [1.54, 1.807) is 6.07 Å². The van der Waals surface area contributed by atoms with Crippen molar-refractivity contribution in [1.82, 2.24) is 20.2 Å². The van der Waals surface area contributed by atoms with Gasteiger partial charge in [0.25, 0.3) is 11.1 Å². The molecule has 0 aliphatic carbocycles. The number of hydrogen-bond acceptors (Lipinski definition) is 7. The van der Waals surface area contributed by atoms with Gasteiger partial charge in [-0.15, -0.1) is 10.2 Å². The van der Waals surface area contributed by atoms with Crippen molar-refractivity contribution in [2.45, 2.75) is 11.0 Å². The van der Waals surface area contributed by atoms with Crippen LogP contribution in [-0.2, 0) is 10.5 Å². The average Bonchev–Trinajstić information content (AvgIpc) is 3.56. The number of para-hydroxylation sites is 1. The Morgan fingerprint density at radius 3 is 2.58 bits per heavy atom. The van der Waals surface area contributed by atoms with Gasteiger partial charge in [0.2, 0.25) is 0 Å². The molecule has 0 amide bonds. The van der Waals surface area contributed by atoms with Crippen LogP contribution in [0.4, 0.5) is 0 Å². The van der Waals surface area contributed by atoms with Crippen molar-refractivity contribution >= 4 is 39.5 Å². The summed E-state index contributed by atoms with van der Waals surface area (Å²) in [4.78, 5) is 20.5. The zero-order valence-electron chi connectivity index (χ0n) is 19.3. The first-order valence-electron chi connectivity index (χ1n) is 11.3. The topological polar surface area (TPSA) is 93.9 Å². The fourth-order valence-electron chi connectivity index (χ4n) is 4.23. The molecule has 0 spiro atoms. The Hall–Kier alpha value is -4.43. The van der Waals surface area contributed by atoms with E-state index in [0.29, 0.717) is 28.1 Å². The summed E-state index contributed by atoms with van der Waals surface area (Å²) in [5.74, 6) is 0.446. The molecule has 176 valence electrons. The lowest BCUT2D eigenvalue weighted by atomic mass is 10.1. The lowest BCUT2D eigenvalue weighted by Crippen LogP contribution is -2.04. The predicted octanol–water partition coefficient (Wildman–Crippen LogP) is 6.51. The molecular formula is C28H20N4O3S. The van der Waals surface area contributed by atoms with Crippen LogP contribution in [0.25, 0.3) is 44.6 Å². The molecule has 36 heavy (non-hydrogen) atoms. The quantitative estimate of drug-likeness (QED) is 0.209. The van der Waals surface area contributed by atoms with Crippen molar-refractivity contribution in [2.75, 3.05) is 7.11 Å². The molecule has 0 atom stereocenters. The summed E-state index contributed by atoms with van der Waals surface area (Å²) in [6.45, 7) is 0. The van der Waals surface area contributed by atoms with Gasteiger partial charge in [0.05, 0.1) is 23.9 Å². The number of esters is 1. The Labute approximate surface area is 210 Å². The molecule has 0 radical (unpaired) electrons. The molecule has 7 nitrogen and oxygen atoms in total. The number of hydrogen-bond donors (Lipinski definition) is 1. The molecule has 0 fully saturated rings. The van der Waals surface area contributed by atoms with Crippen LogP contribution >= 0.6 is 11.8 Å².